The quantitative estimate of drug-likeness (QED) is 0.854. The Hall–Kier alpha value is -1.30. The maximum absolute atomic E-state index is 13.5. The molecule has 0 amide bonds. The molecule has 2 heterocycles. The molecule has 0 saturated carbocycles. The standard InChI is InChI=1S/C8H7BrFN3O/c1-13-8(11)5(10)6(12-13)4-2-3-14-7(4)9/h2-3H,11H2,1H3. The Kier molecular flexibility index (Phi) is 2.07. The molecule has 4 nitrogen and oxygen atoms in total. The number of anilines is 1. The molecule has 2 N–H and O–H groups in total. The molecule has 0 aliphatic heterocycles. The fraction of sp³-hybridized carbons (Fsp3) is 0.125. The minimum absolute atomic E-state index is 0.00750. The molecule has 0 atom stereocenters. The van der Waals surface area contributed by atoms with Crippen LogP contribution in [0.3, 0.4) is 0 Å². The Labute approximate surface area is 87.6 Å². The van der Waals surface area contributed by atoms with E-state index in [0.29, 0.717) is 10.2 Å². The Morgan fingerprint density at radius 2 is 2.36 bits per heavy atom. The van der Waals surface area contributed by atoms with Crippen molar-refractivity contribution in [2.24, 2.45) is 7.05 Å². The van der Waals surface area contributed by atoms with Crippen molar-refractivity contribution in [2.45, 2.75) is 0 Å². The number of hydrogen-bond acceptors (Lipinski definition) is 3. The van der Waals surface area contributed by atoms with E-state index in [-0.39, 0.29) is 11.5 Å². The van der Waals surface area contributed by atoms with Gasteiger partial charge < -0.3 is 10.2 Å². The molecular weight excluding hydrogens is 253 g/mol. The minimum atomic E-state index is -0.533. The lowest BCUT2D eigenvalue weighted by molar-refractivity contribution is 0.541. The van der Waals surface area contributed by atoms with E-state index in [2.05, 4.69) is 21.0 Å². The van der Waals surface area contributed by atoms with E-state index in [1.54, 1.807) is 13.1 Å². The molecule has 0 radical (unpaired) electrons. The molecule has 14 heavy (non-hydrogen) atoms. The van der Waals surface area contributed by atoms with Crippen molar-refractivity contribution >= 4 is 21.7 Å². The van der Waals surface area contributed by atoms with Crippen molar-refractivity contribution in [3.63, 3.8) is 0 Å². The molecule has 74 valence electrons. The van der Waals surface area contributed by atoms with Crippen LogP contribution in [-0.4, -0.2) is 9.78 Å². The lowest BCUT2D eigenvalue weighted by Gasteiger charge is -1.90. The molecule has 2 rings (SSSR count). The molecule has 2 aromatic rings. The number of nitrogens with zero attached hydrogens (tertiary/aromatic N) is 2. The molecule has 0 bridgehead atoms. The number of furan rings is 1. The third-order valence-electron chi connectivity index (χ3n) is 1.90. The molecule has 0 aliphatic carbocycles. The van der Waals surface area contributed by atoms with Crippen molar-refractivity contribution in [2.75, 3.05) is 5.73 Å². The summed E-state index contributed by atoms with van der Waals surface area (Å²) in [5.74, 6) is -0.525. The highest BCUT2D eigenvalue weighted by molar-refractivity contribution is 9.10. The van der Waals surface area contributed by atoms with Crippen LogP contribution in [0.4, 0.5) is 10.2 Å². The second-order valence-electron chi connectivity index (χ2n) is 2.78. The summed E-state index contributed by atoms with van der Waals surface area (Å²) >= 11 is 3.15. The topological polar surface area (TPSA) is 57.0 Å². The van der Waals surface area contributed by atoms with E-state index in [1.165, 1.54) is 10.9 Å². The van der Waals surface area contributed by atoms with E-state index in [9.17, 15) is 4.39 Å². The summed E-state index contributed by atoms with van der Waals surface area (Å²) in [5.41, 5.74) is 6.17. The molecule has 0 saturated heterocycles. The lowest BCUT2D eigenvalue weighted by Crippen LogP contribution is -1.97. The highest BCUT2D eigenvalue weighted by Crippen LogP contribution is 2.31. The Balaban J connectivity index is 2.63. The largest absolute Gasteiger partial charge is 0.457 e. The molecule has 0 aromatic carbocycles. The second kappa shape index (κ2) is 3.13. The number of rotatable bonds is 1. The van der Waals surface area contributed by atoms with E-state index in [1.807, 2.05) is 0 Å². The van der Waals surface area contributed by atoms with Gasteiger partial charge in [-0.2, -0.15) is 5.10 Å². The fourth-order valence-corrected chi connectivity index (χ4v) is 1.57. The van der Waals surface area contributed by atoms with Crippen LogP contribution in [0.2, 0.25) is 0 Å². The SMILES string of the molecule is Cn1nc(-c2ccoc2Br)c(F)c1N. The zero-order chi connectivity index (χ0) is 10.3. The highest BCUT2D eigenvalue weighted by atomic mass is 79.9. The molecule has 0 spiro atoms. The normalized spacial score (nSPS) is 10.8. The van der Waals surface area contributed by atoms with Gasteiger partial charge in [0, 0.05) is 7.05 Å². The number of aromatic nitrogens is 2. The van der Waals surface area contributed by atoms with E-state index in [0.717, 1.165) is 0 Å². The van der Waals surface area contributed by atoms with Crippen molar-refractivity contribution in [3.05, 3.63) is 22.8 Å². The Bertz CT molecular complexity index is 477. The van der Waals surface area contributed by atoms with Gasteiger partial charge in [0.1, 0.15) is 5.69 Å². The Morgan fingerprint density at radius 3 is 2.79 bits per heavy atom. The first-order valence-corrected chi connectivity index (χ1v) is 4.62. The number of hydrogen-bond donors (Lipinski definition) is 1. The van der Waals surface area contributed by atoms with Gasteiger partial charge >= 0.3 is 0 Å². The molecule has 0 aliphatic rings. The van der Waals surface area contributed by atoms with Crippen molar-refractivity contribution < 1.29 is 8.81 Å². The number of halogens is 2. The third-order valence-corrected chi connectivity index (χ3v) is 2.52. The number of nitrogens with two attached hydrogens (primary N) is 1. The van der Waals surface area contributed by atoms with Crippen LogP contribution in [0.5, 0.6) is 0 Å². The van der Waals surface area contributed by atoms with Crippen molar-refractivity contribution in [1.29, 1.82) is 0 Å². The molecule has 0 unspecified atom stereocenters. The third kappa shape index (κ3) is 1.22. The highest BCUT2D eigenvalue weighted by Gasteiger charge is 2.18. The summed E-state index contributed by atoms with van der Waals surface area (Å²) < 4.78 is 20.2. The summed E-state index contributed by atoms with van der Waals surface area (Å²) in [6.07, 6.45) is 1.45. The van der Waals surface area contributed by atoms with Crippen LogP contribution in [0.1, 0.15) is 0 Å². The van der Waals surface area contributed by atoms with Crippen LogP contribution in [0.25, 0.3) is 11.3 Å². The zero-order valence-corrected chi connectivity index (χ0v) is 8.88. The first-order valence-electron chi connectivity index (χ1n) is 3.82. The first kappa shape index (κ1) is 9.26. The first-order chi connectivity index (χ1) is 6.61. The number of nitrogen functional groups attached to an aromatic ring is 1. The molecule has 2 aromatic heterocycles. The number of aryl methyl sites for hydroxylation is 1. The fourth-order valence-electron chi connectivity index (χ4n) is 1.15. The van der Waals surface area contributed by atoms with Gasteiger partial charge in [0.15, 0.2) is 16.3 Å². The zero-order valence-electron chi connectivity index (χ0n) is 7.29. The van der Waals surface area contributed by atoms with E-state index >= 15 is 0 Å². The van der Waals surface area contributed by atoms with Gasteiger partial charge in [-0.1, -0.05) is 0 Å². The summed E-state index contributed by atoms with van der Waals surface area (Å²) in [5, 5.41) is 3.94. The molecule has 6 heteroatoms. The summed E-state index contributed by atoms with van der Waals surface area (Å²) in [6.45, 7) is 0. The molecule has 0 fully saturated rings. The lowest BCUT2D eigenvalue weighted by atomic mass is 10.2. The van der Waals surface area contributed by atoms with Gasteiger partial charge in [0.2, 0.25) is 0 Å². The van der Waals surface area contributed by atoms with Crippen LogP contribution in [-0.2, 0) is 7.05 Å². The van der Waals surface area contributed by atoms with Crippen LogP contribution >= 0.6 is 15.9 Å². The maximum atomic E-state index is 13.5. The van der Waals surface area contributed by atoms with Gasteiger partial charge in [-0.3, -0.25) is 0 Å². The van der Waals surface area contributed by atoms with Crippen LogP contribution in [0, 0.1) is 5.82 Å². The van der Waals surface area contributed by atoms with Crippen LogP contribution < -0.4 is 5.73 Å². The Morgan fingerprint density at radius 1 is 1.64 bits per heavy atom. The minimum Gasteiger partial charge on any atom is -0.457 e. The predicted octanol–water partition coefficient (Wildman–Crippen LogP) is 2.16. The van der Waals surface area contributed by atoms with E-state index < -0.39 is 5.82 Å². The van der Waals surface area contributed by atoms with Crippen molar-refractivity contribution in [3.8, 4) is 11.3 Å². The van der Waals surface area contributed by atoms with Crippen LogP contribution in [0.15, 0.2) is 21.4 Å². The predicted molar refractivity (Wildman–Crippen MR) is 53.0 cm³/mol. The van der Waals surface area contributed by atoms with Gasteiger partial charge in [0.25, 0.3) is 0 Å². The smallest absolute Gasteiger partial charge is 0.192 e. The second-order valence-corrected chi connectivity index (χ2v) is 3.50. The van der Waals surface area contributed by atoms with Gasteiger partial charge in [0.05, 0.1) is 11.8 Å². The van der Waals surface area contributed by atoms with Gasteiger partial charge in [-0.15, -0.1) is 0 Å². The summed E-state index contributed by atoms with van der Waals surface area (Å²) in [6, 6.07) is 1.62. The average Bonchev–Trinajstić information content (AvgIpc) is 2.66. The molecular formula is C8H7BrFN3O. The van der Waals surface area contributed by atoms with Gasteiger partial charge in [-0.05, 0) is 22.0 Å². The maximum Gasteiger partial charge on any atom is 0.192 e. The monoisotopic (exact) mass is 259 g/mol. The van der Waals surface area contributed by atoms with Gasteiger partial charge in [-0.25, -0.2) is 9.07 Å². The van der Waals surface area contributed by atoms with Crippen molar-refractivity contribution in [1.82, 2.24) is 9.78 Å². The summed E-state index contributed by atoms with van der Waals surface area (Å²) in [7, 11) is 1.58. The average molecular weight is 260 g/mol. The summed E-state index contributed by atoms with van der Waals surface area (Å²) in [4.78, 5) is 0. The van der Waals surface area contributed by atoms with E-state index in [4.69, 9.17) is 10.2 Å².